The quantitative estimate of drug-likeness (QED) is 0.294. The number of halogens is 2. The zero-order valence-electron chi connectivity index (χ0n) is 23.1. The fourth-order valence-corrected chi connectivity index (χ4v) is 5.72. The minimum atomic E-state index is -4.19. The summed E-state index contributed by atoms with van der Waals surface area (Å²) in [5.74, 6) is -1.34. The molecule has 3 aromatic carbocycles. The van der Waals surface area contributed by atoms with Crippen LogP contribution in [0.1, 0.15) is 44.7 Å². The van der Waals surface area contributed by atoms with Crippen LogP contribution in [-0.2, 0) is 26.2 Å². The van der Waals surface area contributed by atoms with E-state index in [1.807, 2.05) is 26.8 Å². The molecule has 0 unspecified atom stereocenters. The smallest absolute Gasteiger partial charge is 0.264 e. The van der Waals surface area contributed by atoms with Gasteiger partial charge in [0.05, 0.1) is 10.6 Å². The molecule has 214 valence electrons. The lowest BCUT2D eigenvalue weighted by Crippen LogP contribution is -2.53. The number of rotatable bonds is 12. The van der Waals surface area contributed by atoms with Crippen LogP contribution in [0, 0.1) is 12.7 Å². The maximum Gasteiger partial charge on any atom is 0.264 e. The number of aryl methyl sites for hydroxylation is 1. The number of hydrogen-bond acceptors (Lipinski definition) is 4. The second-order valence-corrected chi connectivity index (χ2v) is 12.0. The van der Waals surface area contributed by atoms with Crippen molar-refractivity contribution in [1.82, 2.24) is 10.2 Å². The topological polar surface area (TPSA) is 86.8 Å². The molecule has 3 rings (SSSR count). The fourth-order valence-electron chi connectivity index (χ4n) is 4.19. The van der Waals surface area contributed by atoms with Crippen molar-refractivity contribution < 1.29 is 22.4 Å². The van der Waals surface area contributed by atoms with Gasteiger partial charge in [0.25, 0.3) is 10.0 Å². The fraction of sp³-hybridized carbons (Fsp3) is 0.333. The van der Waals surface area contributed by atoms with Gasteiger partial charge in [0.15, 0.2) is 0 Å². The van der Waals surface area contributed by atoms with Crippen LogP contribution in [0.4, 0.5) is 10.1 Å². The van der Waals surface area contributed by atoms with Crippen LogP contribution >= 0.6 is 11.6 Å². The molecule has 2 amide bonds. The number of hydrogen-bond donors (Lipinski definition) is 1. The predicted octanol–water partition coefficient (Wildman–Crippen LogP) is 5.70. The molecule has 7 nitrogen and oxygen atoms in total. The largest absolute Gasteiger partial charge is 0.352 e. The van der Waals surface area contributed by atoms with Crippen LogP contribution < -0.4 is 9.62 Å². The van der Waals surface area contributed by atoms with E-state index in [-0.39, 0.29) is 23.4 Å². The first kappa shape index (κ1) is 31.1. The van der Waals surface area contributed by atoms with Crippen molar-refractivity contribution in [2.75, 3.05) is 10.8 Å². The number of anilines is 1. The van der Waals surface area contributed by atoms with E-state index in [0.29, 0.717) is 29.1 Å². The Morgan fingerprint density at radius 1 is 0.975 bits per heavy atom. The molecule has 0 radical (unpaired) electrons. The van der Waals surface area contributed by atoms with E-state index >= 15 is 0 Å². The van der Waals surface area contributed by atoms with E-state index in [9.17, 15) is 22.4 Å². The third-order valence-electron chi connectivity index (χ3n) is 6.62. The van der Waals surface area contributed by atoms with Gasteiger partial charge < -0.3 is 10.2 Å². The van der Waals surface area contributed by atoms with E-state index in [1.165, 1.54) is 53.4 Å². The van der Waals surface area contributed by atoms with Crippen LogP contribution in [-0.4, -0.2) is 43.8 Å². The van der Waals surface area contributed by atoms with Gasteiger partial charge in [-0.2, -0.15) is 0 Å². The zero-order valence-corrected chi connectivity index (χ0v) is 24.7. The monoisotopic (exact) mass is 587 g/mol. The predicted molar refractivity (Wildman–Crippen MR) is 156 cm³/mol. The third-order valence-corrected chi connectivity index (χ3v) is 8.66. The van der Waals surface area contributed by atoms with Crippen molar-refractivity contribution >= 4 is 39.1 Å². The van der Waals surface area contributed by atoms with Gasteiger partial charge in [-0.25, -0.2) is 12.8 Å². The maximum absolute atomic E-state index is 14.0. The van der Waals surface area contributed by atoms with Crippen molar-refractivity contribution in [3.05, 3.63) is 94.8 Å². The minimum Gasteiger partial charge on any atom is -0.352 e. The second-order valence-electron chi connectivity index (χ2n) is 9.69. The average molecular weight is 588 g/mol. The standard InChI is InChI=1S/C30H35ClFN3O4S/c1-5-22(4)33-30(37)28(6-2)34(19-23-10-14-25(32)15-11-23)29(36)20-35(26-9-7-8-21(3)18-26)40(38,39)27-16-12-24(31)13-17-27/h7-18,22,28H,5-6,19-20H2,1-4H3,(H,33,37)/t22-,28-/m1/s1. The summed E-state index contributed by atoms with van der Waals surface area (Å²) in [6.45, 7) is 6.86. The number of nitrogens with zero attached hydrogens (tertiary/aromatic N) is 2. The Kier molecular flexibility index (Phi) is 10.7. The van der Waals surface area contributed by atoms with E-state index in [1.54, 1.807) is 25.1 Å². The first-order chi connectivity index (χ1) is 19.0. The van der Waals surface area contributed by atoms with Gasteiger partial charge in [0.2, 0.25) is 11.8 Å². The summed E-state index contributed by atoms with van der Waals surface area (Å²) in [4.78, 5) is 28.6. The summed E-state index contributed by atoms with van der Waals surface area (Å²) in [6.07, 6.45) is 0.998. The first-order valence-corrected chi connectivity index (χ1v) is 15.0. The Morgan fingerprint density at radius 3 is 2.20 bits per heavy atom. The van der Waals surface area contributed by atoms with Gasteiger partial charge in [-0.3, -0.25) is 13.9 Å². The number of carbonyl (C=O) groups is 2. The lowest BCUT2D eigenvalue weighted by molar-refractivity contribution is -0.140. The van der Waals surface area contributed by atoms with Crippen LogP contribution in [0.25, 0.3) is 0 Å². The molecule has 0 aliphatic rings. The van der Waals surface area contributed by atoms with Crippen molar-refractivity contribution in [2.24, 2.45) is 0 Å². The van der Waals surface area contributed by atoms with E-state index in [0.717, 1.165) is 9.87 Å². The minimum absolute atomic E-state index is 0.00576. The number of sulfonamides is 1. The van der Waals surface area contributed by atoms with Crippen molar-refractivity contribution in [2.45, 2.75) is 64.1 Å². The van der Waals surface area contributed by atoms with Crippen LogP contribution in [0.3, 0.4) is 0 Å². The Balaban J connectivity index is 2.05. The van der Waals surface area contributed by atoms with Crippen LogP contribution in [0.15, 0.2) is 77.7 Å². The number of carbonyl (C=O) groups excluding carboxylic acids is 2. The van der Waals surface area contributed by atoms with Gasteiger partial charge >= 0.3 is 0 Å². The maximum atomic E-state index is 14.0. The molecule has 10 heteroatoms. The van der Waals surface area contributed by atoms with E-state index in [4.69, 9.17) is 11.6 Å². The summed E-state index contributed by atoms with van der Waals surface area (Å²) >= 11 is 5.99. The Hall–Kier alpha value is -3.43. The lowest BCUT2D eigenvalue weighted by Gasteiger charge is -2.33. The van der Waals surface area contributed by atoms with Gasteiger partial charge in [0, 0.05) is 17.6 Å². The molecule has 0 spiro atoms. The molecule has 0 saturated carbocycles. The molecule has 3 aromatic rings. The highest BCUT2D eigenvalue weighted by Crippen LogP contribution is 2.26. The first-order valence-electron chi connectivity index (χ1n) is 13.2. The van der Waals surface area contributed by atoms with E-state index < -0.39 is 34.3 Å². The summed E-state index contributed by atoms with van der Waals surface area (Å²) < 4.78 is 42.4. The van der Waals surface area contributed by atoms with Crippen molar-refractivity contribution in [3.63, 3.8) is 0 Å². The van der Waals surface area contributed by atoms with Gasteiger partial charge in [-0.1, -0.05) is 49.7 Å². The van der Waals surface area contributed by atoms with Gasteiger partial charge in [-0.05, 0) is 86.3 Å². The van der Waals surface area contributed by atoms with Crippen molar-refractivity contribution in [1.29, 1.82) is 0 Å². The Labute approximate surface area is 241 Å². The Bertz CT molecular complexity index is 1420. The summed E-state index contributed by atoms with van der Waals surface area (Å²) in [6, 6.07) is 17.2. The molecule has 0 aliphatic carbocycles. The van der Waals surface area contributed by atoms with Crippen molar-refractivity contribution in [3.8, 4) is 0 Å². The highest BCUT2D eigenvalue weighted by molar-refractivity contribution is 7.92. The summed E-state index contributed by atoms with van der Waals surface area (Å²) in [5, 5.41) is 3.30. The van der Waals surface area contributed by atoms with Gasteiger partial charge in [0.1, 0.15) is 18.4 Å². The average Bonchev–Trinajstić information content (AvgIpc) is 2.92. The molecule has 0 bridgehead atoms. The molecule has 0 fully saturated rings. The molecular weight excluding hydrogens is 553 g/mol. The molecule has 0 heterocycles. The van der Waals surface area contributed by atoms with Crippen LogP contribution in [0.2, 0.25) is 5.02 Å². The summed E-state index contributed by atoms with van der Waals surface area (Å²) in [5.41, 5.74) is 1.72. The SMILES string of the molecule is CC[C@@H](C)NC(=O)[C@@H](CC)N(Cc1ccc(F)cc1)C(=O)CN(c1cccc(C)c1)S(=O)(=O)c1ccc(Cl)cc1. The highest BCUT2D eigenvalue weighted by atomic mass is 35.5. The molecule has 0 aromatic heterocycles. The molecule has 0 saturated heterocycles. The van der Waals surface area contributed by atoms with Gasteiger partial charge in [-0.15, -0.1) is 0 Å². The Morgan fingerprint density at radius 2 is 1.62 bits per heavy atom. The number of nitrogens with one attached hydrogen (secondary N) is 1. The molecular formula is C30H35ClFN3O4S. The lowest BCUT2D eigenvalue weighted by atomic mass is 10.1. The van der Waals surface area contributed by atoms with E-state index in [2.05, 4.69) is 5.32 Å². The third kappa shape index (κ3) is 7.82. The van der Waals surface area contributed by atoms with Crippen LogP contribution in [0.5, 0.6) is 0 Å². The highest BCUT2D eigenvalue weighted by Gasteiger charge is 2.34. The molecule has 0 aliphatic heterocycles. The summed E-state index contributed by atoms with van der Waals surface area (Å²) in [7, 11) is -4.19. The zero-order chi connectivity index (χ0) is 29.4. The second kappa shape index (κ2) is 13.8. The normalized spacial score (nSPS) is 12.8. The number of amides is 2. The molecule has 1 N–H and O–H groups in total. The molecule has 40 heavy (non-hydrogen) atoms. The number of benzene rings is 3. The molecule has 2 atom stereocenters.